The molecule has 0 aromatic heterocycles. The van der Waals surface area contributed by atoms with Crippen LogP contribution in [0.5, 0.6) is 0 Å². The van der Waals surface area contributed by atoms with Gasteiger partial charge in [-0.3, -0.25) is 9.69 Å². The van der Waals surface area contributed by atoms with E-state index in [4.69, 9.17) is 4.74 Å². The topological polar surface area (TPSA) is 41.6 Å². The molecular weight excluding hydrogens is 308 g/mol. The predicted octanol–water partition coefficient (Wildman–Crippen LogP) is 1.90. The van der Waals surface area contributed by atoms with Crippen LogP contribution in [0.25, 0.3) is 0 Å². The molecule has 1 aromatic carbocycles. The van der Waals surface area contributed by atoms with E-state index in [1.54, 1.807) is 0 Å². The van der Waals surface area contributed by atoms with Crippen LogP contribution in [0.4, 0.5) is 0 Å². The van der Waals surface area contributed by atoms with Gasteiger partial charge in [-0.2, -0.15) is 0 Å². The first kappa shape index (κ1) is 14.5. The maximum atomic E-state index is 12.0. The van der Waals surface area contributed by atoms with Gasteiger partial charge in [0.2, 0.25) is 0 Å². The number of rotatable bonds is 4. The summed E-state index contributed by atoms with van der Waals surface area (Å²) in [6, 6.07) is 7.72. The highest BCUT2D eigenvalue weighted by Crippen LogP contribution is 2.10. The molecule has 0 saturated carbocycles. The molecule has 104 valence electrons. The van der Waals surface area contributed by atoms with Gasteiger partial charge in [-0.05, 0) is 31.2 Å². The third-order valence-corrected chi connectivity index (χ3v) is 3.86. The lowest BCUT2D eigenvalue weighted by Crippen LogP contribution is -2.47. The normalized spacial score (nSPS) is 18.0. The van der Waals surface area contributed by atoms with Gasteiger partial charge >= 0.3 is 0 Å². The Morgan fingerprint density at radius 2 is 2.00 bits per heavy atom. The van der Waals surface area contributed by atoms with Crippen molar-refractivity contribution in [3.63, 3.8) is 0 Å². The summed E-state index contributed by atoms with van der Waals surface area (Å²) in [4.78, 5) is 14.3. The molecule has 0 spiro atoms. The van der Waals surface area contributed by atoms with Gasteiger partial charge in [-0.1, -0.05) is 15.9 Å². The van der Waals surface area contributed by atoms with Crippen molar-refractivity contribution in [2.24, 2.45) is 0 Å². The fourth-order valence-electron chi connectivity index (χ4n) is 2.09. The monoisotopic (exact) mass is 326 g/mol. The van der Waals surface area contributed by atoms with E-state index in [2.05, 4.69) is 33.1 Å². The number of morpholine rings is 1. The van der Waals surface area contributed by atoms with Crippen molar-refractivity contribution in [3.05, 3.63) is 34.3 Å². The zero-order chi connectivity index (χ0) is 13.7. The molecule has 0 radical (unpaired) electrons. The van der Waals surface area contributed by atoms with E-state index in [9.17, 15) is 4.79 Å². The second-order valence-electron chi connectivity index (χ2n) is 4.71. The van der Waals surface area contributed by atoms with Crippen molar-refractivity contribution in [1.82, 2.24) is 10.2 Å². The Bertz CT molecular complexity index is 416. The number of nitrogens with zero attached hydrogens (tertiary/aromatic N) is 1. The zero-order valence-electron chi connectivity index (χ0n) is 11.1. The Kier molecular flexibility index (Phi) is 5.36. The first-order valence-corrected chi connectivity index (χ1v) is 7.31. The summed E-state index contributed by atoms with van der Waals surface area (Å²) < 4.78 is 6.30. The van der Waals surface area contributed by atoms with Crippen molar-refractivity contribution in [3.8, 4) is 0 Å². The molecule has 2 rings (SSSR count). The highest BCUT2D eigenvalue weighted by atomic mass is 79.9. The average Bonchev–Trinajstić information content (AvgIpc) is 2.46. The van der Waals surface area contributed by atoms with E-state index in [-0.39, 0.29) is 5.91 Å². The van der Waals surface area contributed by atoms with E-state index in [0.29, 0.717) is 18.2 Å². The summed E-state index contributed by atoms with van der Waals surface area (Å²) in [5, 5.41) is 2.98. The lowest BCUT2D eigenvalue weighted by molar-refractivity contribution is 0.0204. The number of ether oxygens (including phenoxy) is 1. The molecular formula is C14H19BrN2O2. The van der Waals surface area contributed by atoms with Gasteiger partial charge in [0.15, 0.2) is 0 Å². The van der Waals surface area contributed by atoms with Crippen molar-refractivity contribution in [2.45, 2.75) is 13.0 Å². The Labute approximate surface area is 122 Å². The number of hydrogen-bond donors (Lipinski definition) is 1. The van der Waals surface area contributed by atoms with Crippen molar-refractivity contribution in [1.29, 1.82) is 0 Å². The zero-order valence-corrected chi connectivity index (χ0v) is 12.6. The number of nitrogens with one attached hydrogen (secondary N) is 1. The molecule has 1 N–H and O–H groups in total. The molecule has 5 heteroatoms. The van der Waals surface area contributed by atoms with Crippen LogP contribution in [0, 0.1) is 0 Å². The lowest BCUT2D eigenvalue weighted by atomic mass is 10.2. The van der Waals surface area contributed by atoms with E-state index < -0.39 is 0 Å². The lowest BCUT2D eigenvalue weighted by Gasteiger charge is -2.32. The van der Waals surface area contributed by atoms with E-state index in [1.165, 1.54) is 0 Å². The fraction of sp³-hybridized carbons (Fsp3) is 0.500. The van der Waals surface area contributed by atoms with Crippen LogP contribution in [0.2, 0.25) is 0 Å². The first-order chi connectivity index (χ1) is 9.16. The van der Waals surface area contributed by atoms with Gasteiger partial charge in [0.25, 0.3) is 5.91 Å². The molecule has 1 aliphatic heterocycles. The number of carbonyl (C=O) groups is 1. The Hall–Kier alpha value is -0.910. The van der Waals surface area contributed by atoms with Gasteiger partial charge in [-0.15, -0.1) is 0 Å². The van der Waals surface area contributed by atoms with Gasteiger partial charge in [0, 0.05) is 35.7 Å². The molecule has 1 heterocycles. The number of hydrogen-bond acceptors (Lipinski definition) is 3. The molecule has 1 amide bonds. The minimum absolute atomic E-state index is 0.0207. The average molecular weight is 327 g/mol. The third-order valence-electron chi connectivity index (χ3n) is 3.33. The van der Waals surface area contributed by atoms with Crippen LogP contribution in [0.15, 0.2) is 28.7 Å². The van der Waals surface area contributed by atoms with E-state index >= 15 is 0 Å². The van der Waals surface area contributed by atoms with Gasteiger partial charge in [0.05, 0.1) is 13.2 Å². The number of benzene rings is 1. The van der Waals surface area contributed by atoms with Gasteiger partial charge < -0.3 is 10.1 Å². The smallest absolute Gasteiger partial charge is 0.251 e. The van der Waals surface area contributed by atoms with Crippen LogP contribution in [-0.2, 0) is 4.74 Å². The Balaban J connectivity index is 1.81. The third kappa shape index (κ3) is 4.30. The second-order valence-corrected chi connectivity index (χ2v) is 5.63. The molecule has 19 heavy (non-hydrogen) atoms. The molecule has 0 aliphatic carbocycles. The number of amides is 1. The molecule has 0 bridgehead atoms. The minimum atomic E-state index is -0.0207. The summed E-state index contributed by atoms with van der Waals surface area (Å²) >= 11 is 3.36. The highest BCUT2D eigenvalue weighted by molar-refractivity contribution is 9.10. The van der Waals surface area contributed by atoms with Crippen molar-refractivity contribution >= 4 is 21.8 Å². The first-order valence-electron chi connectivity index (χ1n) is 6.52. The van der Waals surface area contributed by atoms with Crippen LogP contribution in [-0.4, -0.2) is 49.7 Å². The predicted molar refractivity (Wildman–Crippen MR) is 78.3 cm³/mol. The molecule has 1 fully saturated rings. The fourth-order valence-corrected chi connectivity index (χ4v) is 2.36. The standard InChI is InChI=1S/C14H19BrN2O2/c1-11(17-6-8-19-9-7-17)10-16-14(18)12-2-4-13(15)5-3-12/h2-5,11H,6-10H2,1H3,(H,16,18). The quantitative estimate of drug-likeness (QED) is 0.918. The van der Waals surface area contributed by atoms with Gasteiger partial charge in [0.1, 0.15) is 0 Å². The maximum absolute atomic E-state index is 12.0. The van der Waals surface area contributed by atoms with Crippen LogP contribution in [0.1, 0.15) is 17.3 Å². The summed E-state index contributed by atoms with van der Waals surface area (Å²) in [6.07, 6.45) is 0. The Morgan fingerprint density at radius 3 is 2.63 bits per heavy atom. The minimum Gasteiger partial charge on any atom is -0.379 e. The molecule has 1 saturated heterocycles. The Morgan fingerprint density at radius 1 is 1.37 bits per heavy atom. The number of carbonyl (C=O) groups excluding carboxylic acids is 1. The summed E-state index contributed by atoms with van der Waals surface area (Å²) in [5.41, 5.74) is 0.692. The molecule has 1 aromatic rings. The summed E-state index contributed by atoms with van der Waals surface area (Å²) in [7, 11) is 0. The van der Waals surface area contributed by atoms with Crippen LogP contribution >= 0.6 is 15.9 Å². The molecule has 1 unspecified atom stereocenters. The molecule has 1 aliphatic rings. The number of halogens is 1. The summed E-state index contributed by atoms with van der Waals surface area (Å²) in [5.74, 6) is -0.0207. The van der Waals surface area contributed by atoms with Crippen molar-refractivity contribution in [2.75, 3.05) is 32.8 Å². The molecule has 1 atom stereocenters. The van der Waals surface area contributed by atoms with Crippen LogP contribution < -0.4 is 5.32 Å². The van der Waals surface area contributed by atoms with E-state index in [1.807, 2.05) is 24.3 Å². The van der Waals surface area contributed by atoms with E-state index in [0.717, 1.165) is 30.8 Å². The maximum Gasteiger partial charge on any atom is 0.251 e. The largest absolute Gasteiger partial charge is 0.379 e. The second kappa shape index (κ2) is 7.03. The molecule has 4 nitrogen and oxygen atoms in total. The van der Waals surface area contributed by atoms with Crippen molar-refractivity contribution < 1.29 is 9.53 Å². The summed E-state index contributed by atoms with van der Waals surface area (Å²) in [6.45, 7) is 6.24. The van der Waals surface area contributed by atoms with Gasteiger partial charge in [-0.25, -0.2) is 0 Å². The highest BCUT2D eigenvalue weighted by Gasteiger charge is 2.17. The SMILES string of the molecule is CC(CNC(=O)c1ccc(Br)cc1)N1CCOCC1. The van der Waals surface area contributed by atoms with Crippen LogP contribution in [0.3, 0.4) is 0 Å².